The van der Waals surface area contributed by atoms with Crippen molar-refractivity contribution in [1.82, 2.24) is 4.98 Å². The maximum Gasteiger partial charge on any atom is 0.412 e. The highest BCUT2D eigenvalue weighted by Gasteiger charge is 2.20. The van der Waals surface area contributed by atoms with Gasteiger partial charge in [-0.05, 0) is 18.2 Å². The topological polar surface area (TPSA) is 80.4 Å². The fourth-order valence-electron chi connectivity index (χ4n) is 1.82. The molecule has 2 rings (SSSR count). The van der Waals surface area contributed by atoms with Crippen LogP contribution in [-0.2, 0) is 9.47 Å². The Balaban J connectivity index is 2.46. The molecule has 6 nitrogen and oxygen atoms in total. The number of halogens is 1. The van der Waals surface area contributed by atoms with Gasteiger partial charge >= 0.3 is 12.1 Å². The quantitative estimate of drug-likeness (QED) is 0.670. The van der Waals surface area contributed by atoms with Crippen LogP contribution in [0.1, 0.15) is 10.5 Å². The average molecular weight is 309 g/mol. The number of fused-ring (bicyclic) bond motifs is 1. The van der Waals surface area contributed by atoms with E-state index in [1.807, 2.05) is 0 Å². The van der Waals surface area contributed by atoms with Crippen molar-refractivity contribution in [2.45, 2.75) is 0 Å². The van der Waals surface area contributed by atoms with E-state index in [9.17, 15) is 9.59 Å². The molecular weight excluding hydrogens is 296 g/mol. The van der Waals surface area contributed by atoms with Crippen LogP contribution in [0.4, 0.5) is 10.5 Å². The van der Waals surface area contributed by atoms with Gasteiger partial charge in [0.25, 0.3) is 0 Å². The van der Waals surface area contributed by atoms with Crippen molar-refractivity contribution < 1.29 is 19.1 Å². The fourth-order valence-corrected chi connectivity index (χ4v) is 1.99. The van der Waals surface area contributed by atoms with Gasteiger partial charge in [-0.2, -0.15) is 0 Å². The number of ether oxygens (including phenoxy) is 2. The summed E-state index contributed by atoms with van der Waals surface area (Å²) in [6.07, 6.45) is 0.730. The number of amides is 1. The summed E-state index contributed by atoms with van der Waals surface area (Å²) in [5, 5.41) is 3.57. The summed E-state index contributed by atoms with van der Waals surface area (Å²) in [4.78, 5) is 26.4. The normalized spacial score (nSPS) is 10.2. The van der Waals surface area contributed by atoms with E-state index in [4.69, 9.17) is 16.3 Å². The largest absolute Gasteiger partial charge is 0.464 e. The molecule has 2 aromatic rings. The lowest BCUT2D eigenvalue weighted by Gasteiger charge is -2.06. The molecule has 0 aliphatic heterocycles. The van der Waals surface area contributed by atoms with Crippen LogP contribution in [0, 0.1) is 0 Å². The van der Waals surface area contributed by atoms with Gasteiger partial charge in [0.15, 0.2) is 0 Å². The van der Waals surface area contributed by atoms with Crippen molar-refractivity contribution in [2.75, 3.05) is 19.0 Å². The maximum atomic E-state index is 11.8. The minimum absolute atomic E-state index is 0.0580. The second-order valence-electron chi connectivity index (χ2n) is 4.07. The number of carbonyl (C=O) groups is 2. The summed E-state index contributed by atoms with van der Waals surface area (Å²) in [6, 6.07) is 4.99. The monoisotopic (exact) mass is 308 g/mol. The summed E-state index contributed by atoms with van der Waals surface area (Å²) in [6.45, 7) is 3.51. The van der Waals surface area contributed by atoms with Gasteiger partial charge in [-0.15, -0.1) is 0 Å². The minimum atomic E-state index is -0.707. The molecule has 7 heteroatoms. The Morgan fingerprint density at radius 3 is 2.90 bits per heavy atom. The lowest BCUT2D eigenvalue weighted by atomic mass is 10.2. The highest BCUT2D eigenvalue weighted by atomic mass is 35.5. The molecule has 0 fully saturated rings. The van der Waals surface area contributed by atoms with Crippen LogP contribution in [0.25, 0.3) is 10.9 Å². The van der Waals surface area contributed by atoms with Gasteiger partial charge in [-0.1, -0.05) is 24.3 Å². The number of aromatic amines is 1. The Labute approximate surface area is 125 Å². The summed E-state index contributed by atoms with van der Waals surface area (Å²) in [7, 11) is 1.25. The molecule has 0 saturated heterocycles. The number of nitrogens with one attached hydrogen (secondary N) is 2. The number of hydrogen-bond donors (Lipinski definition) is 2. The highest BCUT2D eigenvalue weighted by Crippen LogP contribution is 2.30. The molecule has 0 unspecified atom stereocenters. The molecule has 0 radical (unpaired) electrons. The number of hydrogen-bond acceptors (Lipinski definition) is 4. The molecular formula is C14H13ClN2O4. The van der Waals surface area contributed by atoms with Gasteiger partial charge in [0.05, 0.1) is 12.8 Å². The number of anilines is 1. The molecule has 0 atom stereocenters. The standard InChI is InChI=1S/C14H13ClN2O4/c1-3-6-21-14(19)17-11-9-7-8(15)4-5-10(9)16-12(11)13(18)20-2/h3-5,7,16H,1,6H2,2H3,(H,17,19). The number of benzene rings is 1. The Kier molecular flexibility index (Phi) is 4.49. The molecule has 0 saturated carbocycles. The lowest BCUT2D eigenvalue weighted by Crippen LogP contribution is -2.16. The van der Waals surface area contributed by atoms with E-state index in [2.05, 4.69) is 21.6 Å². The molecule has 2 N–H and O–H groups in total. The third-order valence-corrected chi connectivity index (χ3v) is 2.94. The first-order chi connectivity index (χ1) is 10.1. The Morgan fingerprint density at radius 1 is 1.48 bits per heavy atom. The van der Waals surface area contributed by atoms with E-state index in [0.29, 0.717) is 15.9 Å². The molecule has 0 aliphatic carbocycles. The van der Waals surface area contributed by atoms with E-state index in [1.54, 1.807) is 18.2 Å². The molecule has 21 heavy (non-hydrogen) atoms. The van der Waals surface area contributed by atoms with Crippen LogP contribution in [-0.4, -0.2) is 30.8 Å². The summed E-state index contributed by atoms with van der Waals surface area (Å²) in [5.41, 5.74) is 1.01. The Bertz CT molecular complexity index is 708. The Hall–Kier alpha value is -2.47. The molecule has 0 aliphatic rings. The van der Waals surface area contributed by atoms with E-state index in [0.717, 1.165) is 0 Å². The average Bonchev–Trinajstić information content (AvgIpc) is 2.82. The summed E-state index contributed by atoms with van der Waals surface area (Å²) >= 11 is 5.95. The van der Waals surface area contributed by atoms with Crippen molar-refractivity contribution in [2.24, 2.45) is 0 Å². The predicted octanol–water partition coefficient (Wildman–Crippen LogP) is 3.34. The summed E-state index contributed by atoms with van der Waals surface area (Å²) < 4.78 is 9.53. The Morgan fingerprint density at radius 2 is 2.24 bits per heavy atom. The highest BCUT2D eigenvalue weighted by molar-refractivity contribution is 6.31. The van der Waals surface area contributed by atoms with Crippen molar-refractivity contribution in [3.05, 3.63) is 41.6 Å². The molecule has 1 aromatic carbocycles. The van der Waals surface area contributed by atoms with Gasteiger partial charge in [-0.25, -0.2) is 9.59 Å². The first kappa shape index (κ1) is 14.9. The zero-order valence-corrected chi connectivity index (χ0v) is 12.0. The van der Waals surface area contributed by atoms with Gasteiger partial charge in [0.1, 0.15) is 12.3 Å². The number of aromatic nitrogens is 1. The third-order valence-electron chi connectivity index (χ3n) is 2.71. The molecule has 1 aromatic heterocycles. The van der Waals surface area contributed by atoms with E-state index < -0.39 is 12.1 Å². The zero-order chi connectivity index (χ0) is 15.4. The fraction of sp³-hybridized carbons (Fsp3) is 0.143. The second kappa shape index (κ2) is 6.32. The first-order valence-corrected chi connectivity index (χ1v) is 6.38. The third kappa shape index (κ3) is 3.17. The van der Waals surface area contributed by atoms with Crippen molar-refractivity contribution in [3.63, 3.8) is 0 Å². The van der Waals surface area contributed by atoms with Gasteiger partial charge in [-0.3, -0.25) is 5.32 Å². The molecule has 0 bridgehead atoms. The smallest absolute Gasteiger partial charge is 0.412 e. The molecule has 1 heterocycles. The van der Waals surface area contributed by atoms with Gasteiger partial charge in [0, 0.05) is 15.9 Å². The van der Waals surface area contributed by atoms with Crippen molar-refractivity contribution >= 4 is 40.3 Å². The number of H-pyrrole nitrogens is 1. The number of esters is 1. The van der Waals surface area contributed by atoms with Crippen LogP contribution in [0.15, 0.2) is 30.9 Å². The predicted molar refractivity (Wildman–Crippen MR) is 79.8 cm³/mol. The summed E-state index contributed by atoms with van der Waals surface area (Å²) in [5.74, 6) is -0.610. The van der Waals surface area contributed by atoms with Crippen LogP contribution in [0.2, 0.25) is 5.02 Å². The first-order valence-electron chi connectivity index (χ1n) is 6.01. The van der Waals surface area contributed by atoms with E-state index >= 15 is 0 Å². The number of rotatable bonds is 4. The van der Waals surface area contributed by atoms with Gasteiger partial charge < -0.3 is 14.5 Å². The zero-order valence-electron chi connectivity index (χ0n) is 11.2. The van der Waals surface area contributed by atoms with Crippen LogP contribution >= 0.6 is 11.6 Å². The maximum absolute atomic E-state index is 11.8. The molecule has 0 spiro atoms. The number of carbonyl (C=O) groups excluding carboxylic acids is 2. The second-order valence-corrected chi connectivity index (χ2v) is 4.51. The van der Waals surface area contributed by atoms with Crippen LogP contribution in [0.5, 0.6) is 0 Å². The van der Waals surface area contributed by atoms with Crippen LogP contribution < -0.4 is 5.32 Å². The minimum Gasteiger partial charge on any atom is -0.464 e. The number of methoxy groups -OCH3 is 1. The SMILES string of the molecule is C=CCOC(=O)Nc1c(C(=O)OC)[nH]c2ccc(Cl)cc12. The van der Waals surface area contributed by atoms with Gasteiger partial charge in [0.2, 0.25) is 0 Å². The van der Waals surface area contributed by atoms with Crippen LogP contribution in [0.3, 0.4) is 0 Å². The van der Waals surface area contributed by atoms with Crippen molar-refractivity contribution in [3.8, 4) is 0 Å². The molecule has 110 valence electrons. The van der Waals surface area contributed by atoms with E-state index in [-0.39, 0.29) is 18.0 Å². The van der Waals surface area contributed by atoms with Crippen molar-refractivity contribution in [1.29, 1.82) is 0 Å². The molecule has 1 amide bonds. The lowest BCUT2D eigenvalue weighted by molar-refractivity contribution is 0.0596. The van der Waals surface area contributed by atoms with E-state index in [1.165, 1.54) is 13.2 Å².